The summed E-state index contributed by atoms with van der Waals surface area (Å²) in [6.45, 7) is 8.31. The fourth-order valence-electron chi connectivity index (χ4n) is 1.43. The van der Waals surface area contributed by atoms with Gasteiger partial charge in [-0.05, 0) is 32.0 Å². The number of hydrogen-bond donors (Lipinski definition) is 1. The number of aromatic nitrogens is 1. The van der Waals surface area contributed by atoms with E-state index in [1.807, 2.05) is 19.9 Å². The van der Waals surface area contributed by atoms with Crippen molar-refractivity contribution in [3.63, 3.8) is 0 Å². The summed E-state index contributed by atoms with van der Waals surface area (Å²) in [6, 6.07) is 1.88. The van der Waals surface area contributed by atoms with Crippen LogP contribution in [0.3, 0.4) is 0 Å². The largest absolute Gasteiger partial charge is 0.476 e. The average Bonchev–Trinajstić information content (AvgIpc) is 2.38. The predicted molar refractivity (Wildman–Crippen MR) is 77.8 cm³/mol. The number of methoxy groups -OCH3 is 1. The normalized spacial score (nSPS) is 11.6. The third kappa shape index (κ3) is 5.76. The van der Waals surface area contributed by atoms with Gasteiger partial charge in [0.1, 0.15) is 5.02 Å². The smallest absolute Gasteiger partial charge is 0.232 e. The molecule has 0 atom stereocenters. The van der Waals surface area contributed by atoms with Gasteiger partial charge in [0.15, 0.2) is 0 Å². The molecule has 1 aromatic heterocycles. The summed E-state index contributed by atoms with van der Waals surface area (Å²) < 4.78 is 10.9. The van der Waals surface area contributed by atoms with Gasteiger partial charge in [-0.1, -0.05) is 18.5 Å². The molecule has 0 saturated heterocycles. The van der Waals surface area contributed by atoms with Gasteiger partial charge in [0.2, 0.25) is 5.88 Å². The van der Waals surface area contributed by atoms with Crippen LogP contribution < -0.4 is 10.1 Å². The zero-order valence-electron chi connectivity index (χ0n) is 12.1. The van der Waals surface area contributed by atoms with E-state index < -0.39 is 0 Å². The summed E-state index contributed by atoms with van der Waals surface area (Å²) in [4.78, 5) is 4.24. The Morgan fingerprint density at radius 3 is 2.74 bits per heavy atom. The maximum atomic E-state index is 6.15. The van der Waals surface area contributed by atoms with Gasteiger partial charge >= 0.3 is 0 Å². The van der Waals surface area contributed by atoms with Crippen LogP contribution in [0, 0.1) is 0 Å². The number of ether oxygens (including phenoxy) is 2. The first-order valence-corrected chi connectivity index (χ1v) is 6.89. The first-order valence-electron chi connectivity index (χ1n) is 6.51. The molecule has 0 aromatic carbocycles. The van der Waals surface area contributed by atoms with Crippen molar-refractivity contribution >= 4 is 11.6 Å². The molecule has 0 aliphatic heterocycles. The van der Waals surface area contributed by atoms with E-state index in [9.17, 15) is 0 Å². The van der Waals surface area contributed by atoms with Crippen LogP contribution in [0.5, 0.6) is 5.88 Å². The Labute approximate surface area is 120 Å². The van der Waals surface area contributed by atoms with E-state index in [-0.39, 0.29) is 5.60 Å². The minimum absolute atomic E-state index is 0.197. The Bertz CT molecular complexity index is 397. The summed E-state index contributed by atoms with van der Waals surface area (Å²) in [5.41, 5.74) is 0.855. The molecule has 5 heteroatoms. The van der Waals surface area contributed by atoms with Gasteiger partial charge in [-0.3, -0.25) is 0 Å². The van der Waals surface area contributed by atoms with Gasteiger partial charge < -0.3 is 14.8 Å². The van der Waals surface area contributed by atoms with E-state index in [4.69, 9.17) is 21.1 Å². The van der Waals surface area contributed by atoms with Crippen molar-refractivity contribution in [1.82, 2.24) is 10.3 Å². The third-order valence-electron chi connectivity index (χ3n) is 2.94. The molecule has 1 N–H and O–H groups in total. The number of pyridine rings is 1. The van der Waals surface area contributed by atoms with Crippen LogP contribution >= 0.6 is 11.6 Å². The van der Waals surface area contributed by atoms with Gasteiger partial charge in [0.05, 0.1) is 12.2 Å². The van der Waals surface area contributed by atoms with Crippen molar-refractivity contribution in [3.8, 4) is 5.88 Å². The molecule has 0 amide bonds. The van der Waals surface area contributed by atoms with E-state index in [2.05, 4.69) is 17.2 Å². The van der Waals surface area contributed by atoms with Crippen molar-refractivity contribution in [2.75, 3.05) is 20.3 Å². The highest BCUT2D eigenvalue weighted by molar-refractivity contribution is 6.31. The minimum Gasteiger partial charge on any atom is -0.476 e. The quantitative estimate of drug-likeness (QED) is 0.798. The summed E-state index contributed by atoms with van der Waals surface area (Å²) >= 11 is 6.15. The Morgan fingerprint density at radius 1 is 1.42 bits per heavy atom. The van der Waals surface area contributed by atoms with Crippen molar-refractivity contribution in [3.05, 3.63) is 22.8 Å². The van der Waals surface area contributed by atoms with E-state index in [0.29, 0.717) is 17.5 Å². The van der Waals surface area contributed by atoms with Crippen molar-refractivity contribution in [1.29, 1.82) is 0 Å². The fourth-order valence-corrected chi connectivity index (χ4v) is 1.68. The number of nitrogens with zero attached hydrogens (tertiary/aromatic N) is 1. The van der Waals surface area contributed by atoms with Crippen LogP contribution in [0.4, 0.5) is 0 Å². The van der Waals surface area contributed by atoms with Crippen molar-refractivity contribution in [2.45, 2.75) is 39.3 Å². The molecule has 0 spiro atoms. The van der Waals surface area contributed by atoms with E-state index in [1.165, 1.54) is 0 Å². The number of hydrogen-bond acceptors (Lipinski definition) is 4. The zero-order chi connectivity index (χ0) is 14.3. The van der Waals surface area contributed by atoms with Crippen LogP contribution in [-0.4, -0.2) is 30.8 Å². The Morgan fingerprint density at radius 2 is 2.16 bits per heavy atom. The lowest BCUT2D eigenvalue weighted by Crippen LogP contribution is -2.25. The van der Waals surface area contributed by atoms with Gasteiger partial charge in [-0.15, -0.1) is 0 Å². The molecule has 1 rings (SSSR count). The lowest BCUT2D eigenvalue weighted by Gasteiger charge is -2.22. The van der Waals surface area contributed by atoms with E-state index >= 15 is 0 Å². The highest BCUT2D eigenvalue weighted by Crippen LogP contribution is 2.23. The van der Waals surface area contributed by atoms with Crippen LogP contribution in [0.2, 0.25) is 5.02 Å². The first-order chi connectivity index (χ1) is 8.98. The highest BCUT2D eigenvalue weighted by Gasteiger charge is 2.16. The second-order valence-corrected chi connectivity index (χ2v) is 5.38. The van der Waals surface area contributed by atoms with Crippen molar-refractivity contribution < 1.29 is 9.47 Å². The summed E-state index contributed by atoms with van der Waals surface area (Å²) in [5, 5.41) is 3.77. The summed E-state index contributed by atoms with van der Waals surface area (Å²) in [5.74, 6) is 0.480. The molecule has 4 nitrogen and oxygen atoms in total. The van der Waals surface area contributed by atoms with Crippen molar-refractivity contribution in [2.24, 2.45) is 0 Å². The van der Waals surface area contributed by atoms with Crippen LogP contribution in [0.1, 0.15) is 32.8 Å². The summed E-state index contributed by atoms with van der Waals surface area (Å²) in [7, 11) is 1.70. The van der Waals surface area contributed by atoms with Gasteiger partial charge in [0.25, 0.3) is 0 Å². The lowest BCUT2D eigenvalue weighted by molar-refractivity contribution is 0.00509. The fraction of sp³-hybridized carbons (Fsp3) is 0.643. The Balaban J connectivity index is 2.51. The standard InChI is InChI=1S/C14H23ClN2O2/c1-5-16-9-11-8-12(15)13(17-10-11)19-7-6-14(2,3)18-4/h8,10,16H,5-7,9H2,1-4H3. The number of halogens is 1. The van der Waals surface area contributed by atoms with E-state index in [0.717, 1.165) is 25.1 Å². The zero-order valence-corrected chi connectivity index (χ0v) is 12.9. The molecule has 1 aromatic rings. The van der Waals surface area contributed by atoms with Crippen LogP contribution in [0.25, 0.3) is 0 Å². The van der Waals surface area contributed by atoms with Gasteiger partial charge in [-0.25, -0.2) is 4.98 Å². The minimum atomic E-state index is -0.197. The van der Waals surface area contributed by atoms with Crippen LogP contribution in [0.15, 0.2) is 12.3 Å². The maximum absolute atomic E-state index is 6.15. The van der Waals surface area contributed by atoms with Crippen LogP contribution in [-0.2, 0) is 11.3 Å². The molecule has 108 valence electrons. The molecule has 0 aliphatic rings. The summed E-state index contributed by atoms with van der Waals surface area (Å²) in [6.07, 6.45) is 2.56. The third-order valence-corrected chi connectivity index (χ3v) is 3.21. The molecule has 0 fully saturated rings. The SMILES string of the molecule is CCNCc1cnc(OCCC(C)(C)OC)c(Cl)c1. The van der Waals surface area contributed by atoms with Gasteiger partial charge in [-0.2, -0.15) is 0 Å². The molecule has 0 radical (unpaired) electrons. The monoisotopic (exact) mass is 286 g/mol. The topological polar surface area (TPSA) is 43.4 Å². The lowest BCUT2D eigenvalue weighted by atomic mass is 10.1. The molecule has 0 bridgehead atoms. The van der Waals surface area contributed by atoms with E-state index in [1.54, 1.807) is 13.3 Å². The molecule has 19 heavy (non-hydrogen) atoms. The molecular formula is C14H23ClN2O2. The molecule has 0 aliphatic carbocycles. The molecule has 1 heterocycles. The maximum Gasteiger partial charge on any atom is 0.232 e. The predicted octanol–water partition coefficient (Wildman–Crippen LogP) is 3.04. The second kappa shape index (κ2) is 7.68. The first kappa shape index (κ1) is 16.2. The molecule has 0 unspecified atom stereocenters. The van der Waals surface area contributed by atoms with Gasteiger partial charge in [0, 0.05) is 26.3 Å². The Kier molecular flexibility index (Phi) is 6.55. The number of nitrogens with one attached hydrogen (secondary N) is 1. The second-order valence-electron chi connectivity index (χ2n) is 4.97. The average molecular weight is 287 g/mol. The molecular weight excluding hydrogens is 264 g/mol. The molecule has 0 saturated carbocycles. The Hall–Kier alpha value is -0.840. The number of rotatable bonds is 8. The highest BCUT2D eigenvalue weighted by atomic mass is 35.5.